The number of nitrogens with zero attached hydrogens (tertiary/aromatic N) is 5. The lowest BCUT2D eigenvalue weighted by Crippen LogP contribution is -2.27. The van der Waals surface area contributed by atoms with Gasteiger partial charge in [0.1, 0.15) is 5.82 Å². The fourth-order valence-corrected chi connectivity index (χ4v) is 3.33. The van der Waals surface area contributed by atoms with Gasteiger partial charge in [-0.3, -0.25) is 4.40 Å². The Morgan fingerprint density at radius 3 is 2.52 bits per heavy atom. The Hall–Kier alpha value is -3.35. The summed E-state index contributed by atoms with van der Waals surface area (Å²) in [7, 11) is 3.42. The monoisotopic (exact) mass is 362 g/mol. The highest BCUT2D eigenvalue weighted by Crippen LogP contribution is 2.28. The highest BCUT2D eigenvalue weighted by Gasteiger charge is 2.18. The maximum absolute atomic E-state index is 12.2. The van der Waals surface area contributed by atoms with Gasteiger partial charge in [-0.15, -0.1) is 10.2 Å². The van der Waals surface area contributed by atoms with Crippen molar-refractivity contribution in [2.45, 2.75) is 20.4 Å². The molecule has 0 aliphatic carbocycles. The number of hydrogen-bond donors (Lipinski definition) is 1. The average molecular weight is 362 g/mol. The summed E-state index contributed by atoms with van der Waals surface area (Å²) < 4.78 is 4.24. The van der Waals surface area contributed by atoms with Gasteiger partial charge < -0.3 is 14.8 Å². The number of aromatic nitrogens is 4. The van der Waals surface area contributed by atoms with Gasteiger partial charge in [0.05, 0.1) is 16.7 Å². The molecule has 2 amide bonds. The maximum Gasteiger partial charge on any atom is 0.321 e. The van der Waals surface area contributed by atoms with Crippen molar-refractivity contribution in [3.05, 3.63) is 59.5 Å². The zero-order valence-electron chi connectivity index (χ0n) is 15.9. The molecule has 1 aromatic carbocycles. The number of amides is 2. The first kappa shape index (κ1) is 17.1. The molecule has 0 bridgehead atoms. The number of benzene rings is 1. The number of nitrogens with one attached hydrogen (secondary N) is 1. The van der Waals surface area contributed by atoms with Crippen LogP contribution >= 0.6 is 0 Å². The normalized spacial score (nSPS) is 11.3. The number of fused-ring (bicyclic) bond motifs is 3. The molecule has 4 rings (SSSR count). The molecule has 1 N–H and O–H groups in total. The number of hydrogen-bond acceptors (Lipinski definition) is 3. The molecule has 0 atom stereocenters. The van der Waals surface area contributed by atoms with E-state index >= 15 is 0 Å². The molecule has 0 spiro atoms. The summed E-state index contributed by atoms with van der Waals surface area (Å²) in [5, 5.41) is 11.4. The summed E-state index contributed by atoms with van der Waals surface area (Å²) >= 11 is 0. The Kier molecular flexibility index (Phi) is 4.07. The van der Waals surface area contributed by atoms with E-state index in [4.69, 9.17) is 0 Å². The molecule has 3 heterocycles. The van der Waals surface area contributed by atoms with Crippen molar-refractivity contribution in [2.24, 2.45) is 0 Å². The Bertz CT molecular complexity index is 1140. The second-order valence-corrected chi connectivity index (χ2v) is 6.92. The molecule has 0 unspecified atom stereocenters. The summed E-state index contributed by atoms with van der Waals surface area (Å²) in [4.78, 5) is 13.7. The van der Waals surface area contributed by atoms with Crippen LogP contribution in [0.4, 0.5) is 10.5 Å². The quantitative estimate of drug-likeness (QED) is 0.607. The standard InChI is InChI=1S/C20H22N6O/c1-13-10-18-17(25(13)12-15-8-6-5-7-9-15)11-16(21-20(27)24(3)4)19-23-22-14(2)26(18)19/h5-11H,12H2,1-4H3,(H,21,27). The van der Waals surface area contributed by atoms with Crippen molar-refractivity contribution in [2.75, 3.05) is 19.4 Å². The lowest BCUT2D eigenvalue weighted by atomic mass is 10.2. The van der Waals surface area contributed by atoms with Crippen LogP contribution in [0.5, 0.6) is 0 Å². The van der Waals surface area contributed by atoms with Gasteiger partial charge >= 0.3 is 6.03 Å². The van der Waals surface area contributed by atoms with Crippen LogP contribution in [-0.2, 0) is 6.54 Å². The number of urea groups is 1. The van der Waals surface area contributed by atoms with Crippen molar-refractivity contribution < 1.29 is 4.79 Å². The third-order valence-electron chi connectivity index (χ3n) is 4.74. The largest absolute Gasteiger partial charge is 0.339 e. The smallest absolute Gasteiger partial charge is 0.321 e. The molecule has 3 aromatic heterocycles. The van der Waals surface area contributed by atoms with Gasteiger partial charge in [0.2, 0.25) is 0 Å². The molecule has 0 radical (unpaired) electrons. The first-order valence-electron chi connectivity index (χ1n) is 8.82. The molecular formula is C20H22N6O. The number of rotatable bonds is 3. The molecule has 4 aromatic rings. The Morgan fingerprint density at radius 2 is 1.81 bits per heavy atom. The molecule has 7 nitrogen and oxygen atoms in total. The Balaban J connectivity index is 1.93. The van der Waals surface area contributed by atoms with E-state index in [2.05, 4.69) is 45.2 Å². The van der Waals surface area contributed by atoms with Crippen LogP contribution in [-0.4, -0.2) is 44.2 Å². The molecule has 0 saturated heterocycles. The number of aryl methyl sites for hydroxylation is 2. The van der Waals surface area contributed by atoms with Crippen LogP contribution in [0.15, 0.2) is 42.5 Å². The molecular weight excluding hydrogens is 340 g/mol. The summed E-state index contributed by atoms with van der Waals surface area (Å²) in [5.74, 6) is 0.785. The Labute approximate surface area is 157 Å². The van der Waals surface area contributed by atoms with Crippen LogP contribution in [0.2, 0.25) is 0 Å². The highest BCUT2D eigenvalue weighted by atomic mass is 16.2. The summed E-state index contributed by atoms with van der Waals surface area (Å²) in [6, 6.07) is 14.3. The van der Waals surface area contributed by atoms with Gasteiger partial charge in [-0.25, -0.2) is 4.79 Å². The zero-order chi connectivity index (χ0) is 19.1. The van der Waals surface area contributed by atoms with Crippen molar-refractivity contribution in [3.8, 4) is 0 Å². The maximum atomic E-state index is 12.2. The third kappa shape index (κ3) is 2.91. The predicted octanol–water partition coefficient (Wildman–Crippen LogP) is 3.44. The van der Waals surface area contributed by atoms with Gasteiger partial charge in [-0.05, 0) is 31.5 Å². The fourth-order valence-electron chi connectivity index (χ4n) is 3.33. The van der Waals surface area contributed by atoms with Crippen LogP contribution in [0.25, 0.3) is 16.7 Å². The van der Waals surface area contributed by atoms with E-state index < -0.39 is 0 Å². The lowest BCUT2D eigenvalue weighted by Gasteiger charge is -2.14. The molecule has 0 aliphatic heterocycles. The van der Waals surface area contributed by atoms with Crippen LogP contribution < -0.4 is 5.32 Å². The van der Waals surface area contributed by atoms with Crippen molar-refractivity contribution in [3.63, 3.8) is 0 Å². The van der Waals surface area contributed by atoms with E-state index in [1.54, 1.807) is 14.1 Å². The lowest BCUT2D eigenvalue weighted by molar-refractivity contribution is 0.230. The minimum atomic E-state index is -0.199. The van der Waals surface area contributed by atoms with Gasteiger partial charge in [-0.1, -0.05) is 30.3 Å². The van der Waals surface area contributed by atoms with E-state index in [9.17, 15) is 4.79 Å². The van der Waals surface area contributed by atoms with Crippen molar-refractivity contribution >= 4 is 28.4 Å². The molecule has 7 heteroatoms. The first-order valence-corrected chi connectivity index (χ1v) is 8.82. The molecule has 0 aliphatic rings. The Morgan fingerprint density at radius 1 is 1.07 bits per heavy atom. The minimum absolute atomic E-state index is 0.199. The number of carbonyl (C=O) groups is 1. The van der Waals surface area contributed by atoms with Crippen molar-refractivity contribution in [1.29, 1.82) is 0 Å². The van der Waals surface area contributed by atoms with Gasteiger partial charge in [0, 0.05) is 26.3 Å². The summed E-state index contributed by atoms with van der Waals surface area (Å²) in [6.45, 7) is 4.76. The summed E-state index contributed by atoms with van der Waals surface area (Å²) in [5.41, 5.74) is 5.71. The minimum Gasteiger partial charge on any atom is -0.339 e. The first-order chi connectivity index (χ1) is 13.0. The second kappa shape index (κ2) is 6.42. The topological polar surface area (TPSA) is 67.5 Å². The van der Waals surface area contributed by atoms with Gasteiger partial charge in [-0.2, -0.15) is 0 Å². The number of carbonyl (C=O) groups excluding carboxylic acids is 1. The van der Waals surface area contributed by atoms with Crippen LogP contribution in [0.3, 0.4) is 0 Å². The molecule has 27 heavy (non-hydrogen) atoms. The van der Waals surface area contributed by atoms with Gasteiger partial charge in [0.25, 0.3) is 0 Å². The van der Waals surface area contributed by atoms with E-state index in [1.165, 1.54) is 10.5 Å². The SMILES string of the molecule is Cc1cc2c(cc(NC(=O)N(C)C)c3nnc(C)n32)n1Cc1ccccc1. The van der Waals surface area contributed by atoms with Crippen LogP contribution in [0, 0.1) is 13.8 Å². The van der Waals surface area contributed by atoms with Crippen LogP contribution in [0.1, 0.15) is 17.1 Å². The zero-order valence-corrected chi connectivity index (χ0v) is 15.9. The second-order valence-electron chi connectivity index (χ2n) is 6.92. The molecule has 138 valence electrons. The van der Waals surface area contributed by atoms with E-state index in [0.717, 1.165) is 29.1 Å². The summed E-state index contributed by atoms with van der Waals surface area (Å²) in [6.07, 6.45) is 0. The van der Waals surface area contributed by atoms with E-state index in [1.807, 2.05) is 35.6 Å². The predicted molar refractivity (Wildman–Crippen MR) is 106 cm³/mol. The number of pyridine rings is 1. The van der Waals surface area contributed by atoms with E-state index in [0.29, 0.717) is 11.3 Å². The highest BCUT2D eigenvalue weighted by molar-refractivity contribution is 5.97. The third-order valence-corrected chi connectivity index (χ3v) is 4.74. The molecule has 0 saturated carbocycles. The van der Waals surface area contributed by atoms with E-state index in [-0.39, 0.29) is 6.03 Å². The molecule has 0 fully saturated rings. The van der Waals surface area contributed by atoms with Crippen molar-refractivity contribution in [1.82, 2.24) is 24.1 Å². The average Bonchev–Trinajstić information content (AvgIpc) is 3.17. The van der Waals surface area contributed by atoms with Gasteiger partial charge in [0.15, 0.2) is 5.65 Å². The fraction of sp³-hybridized carbons (Fsp3) is 0.250. The number of anilines is 1.